The van der Waals surface area contributed by atoms with Gasteiger partial charge in [0.25, 0.3) is 0 Å². The lowest BCUT2D eigenvalue weighted by Gasteiger charge is -2.45. The Labute approximate surface area is 146 Å². The second-order valence-corrected chi connectivity index (χ2v) is 7.06. The fraction of sp³-hybridized carbons (Fsp3) is 0.647. The van der Waals surface area contributed by atoms with E-state index in [1.807, 2.05) is 0 Å². The van der Waals surface area contributed by atoms with E-state index in [0.29, 0.717) is 17.6 Å². The average molecular weight is 342 g/mol. The van der Waals surface area contributed by atoms with Gasteiger partial charge in [-0.15, -0.1) is 0 Å². The van der Waals surface area contributed by atoms with Gasteiger partial charge in [-0.05, 0) is 25.7 Å². The van der Waals surface area contributed by atoms with Crippen molar-refractivity contribution in [3.8, 4) is 6.07 Å². The van der Waals surface area contributed by atoms with Crippen molar-refractivity contribution in [2.24, 2.45) is 0 Å². The molecule has 3 aliphatic rings. The smallest absolute Gasteiger partial charge is 0.407 e. The molecule has 4 rings (SSSR count). The van der Waals surface area contributed by atoms with E-state index in [0.717, 1.165) is 51.9 Å². The van der Waals surface area contributed by atoms with E-state index in [2.05, 4.69) is 25.8 Å². The molecule has 0 saturated carbocycles. The second kappa shape index (κ2) is 6.48. The highest BCUT2D eigenvalue weighted by Gasteiger charge is 2.45. The first kappa shape index (κ1) is 16.1. The highest BCUT2D eigenvalue weighted by molar-refractivity contribution is 5.66. The van der Waals surface area contributed by atoms with Gasteiger partial charge in [0.1, 0.15) is 6.07 Å². The molecule has 3 fully saturated rings. The van der Waals surface area contributed by atoms with Crippen LogP contribution in [-0.4, -0.2) is 75.3 Å². The number of hydrogen-bond acceptors (Lipinski definition) is 6. The normalized spacial score (nSPS) is 29.5. The average Bonchev–Trinajstić information content (AvgIpc) is 2.92. The van der Waals surface area contributed by atoms with Gasteiger partial charge in [0.2, 0.25) is 0 Å². The highest BCUT2D eigenvalue weighted by atomic mass is 16.4. The topological polar surface area (TPSA) is 96.6 Å². The van der Waals surface area contributed by atoms with Gasteiger partial charge in [0, 0.05) is 56.7 Å². The number of nitrogens with zero attached hydrogens (tertiary/aromatic N) is 6. The zero-order valence-electron chi connectivity index (χ0n) is 14.1. The van der Waals surface area contributed by atoms with Gasteiger partial charge in [0.15, 0.2) is 11.5 Å². The first-order valence-corrected chi connectivity index (χ1v) is 8.88. The van der Waals surface area contributed by atoms with Crippen LogP contribution in [0, 0.1) is 11.3 Å². The van der Waals surface area contributed by atoms with Gasteiger partial charge in [-0.2, -0.15) is 5.26 Å². The van der Waals surface area contributed by atoms with Crippen molar-refractivity contribution in [3.63, 3.8) is 0 Å². The molecule has 3 aliphatic heterocycles. The minimum atomic E-state index is -0.762. The summed E-state index contributed by atoms with van der Waals surface area (Å²) >= 11 is 0. The maximum absolute atomic E-state index is 11.4. The van der Waals surface area contributed by atoms with Crippen LogP contribution in [-0.2, 0) is 0 Å². The maximum atomic E-state index is 11.4. The Morgan fingerprint density at radius 2 is 1.72 bits per heavy atom. The molecule has 0 spiro atoms. The van der Waals surface area contributed by atoms with Crippen molar-refractivity contribution in [2.45, 2.75) is 43.8 Å². The molecule has 25 heavy (non-hydrogen) atoms. The molecule has 3 saturated heterocycles. The summed E-state index contributed by atoms with van der Waals surface area (Å²) in [5, 5.41) is 18.6. The van der Waals surface area contributed by atoms with Crippen LogP contribution < -0.4 is 4.90 Å². The van der Waals surface area contributed by atoms with Crippen LogP contribution in [0.3, 0.4) is 0 Å². The number of aromatic nitrogens is 2. The second-order valence-electron chi connectivity index (χ2n) is 7.06. The van der Waals surface area contributed by atoms with Crippen molar-refractivity contribution in [3.05, 3.63) is 18.1 Å². The largest absolute Gasteiger partial charge is 0.465 e. The van der Waals surface area contributed by atoms with Crippen LogP contribution in [0.4, 0.5) is 10.6 Å². The number of nitriles is 1. The maximum Gasteiger partial charge on any atom is 0.407 e. The summed E-state index contributed by atoms with van der Waals surface area (Å²) in [5.74, 6) is 0.672. The number of hydrogen-bond donors (Lipinski definition) is 1. The molecule has 1 amide bonds. The molecule has 1 aromatic rings. The van der Waals surface area contributed by atoms with E-state index in [4.69, 9.17) is 0 Å². The molecule has 1 N–H and O–H groups in total. The molecular weight excluding hydrogens is 320 g/mol. The van der Waals surface area contributed by atoms with Gasteiger partial charge in [-0.1, -0.05) is 0 Å². The first-order valence-electron chi connectivity index (χ1n) is 8.88. The highest BCUT2D eigenvalue weighted by Crippen LogP contribution is 2.38. The van der Waals surface area contributed by atoms with Gasteiger partial charge in [-0.3, -0.25) is 4.90 Å². The summed E-state index contributed by atoms with van der Waals surface area (Å²) in [5.41, 5.74) is 0.378. The lowest BCUT2D eigenvalue weighted by molar-refractivity contribution is 0.0544. The number of amides is 1. The third kappa shape index (κ3) is 2.89. The van der Waals surface area contributed by atoms with Crippen LogP contribution >= 0.6 is 0 Å². The van der Waals surface area contributed by atoms with E-state index in [1.54, 1.807) is 17.3 Å². The van der Waals surface area contributed by atoms with Crippen LogP contribution in [0.2, 0.25) is 0 Å². The summed E-state index contributed by atoms with van der Waals surface area (Å²) in [4.78, 5) is 26.1. The van der Waals surface area contributed by atoms with E-state index in [9.17, 15) is 15.2 Å². The predicted octanol–water partition coefficient (Wildman–Crippen LogP) is 1.14. The number of fused-ring (bicyclic) bond motifs is 2. The number of carboxylic acid groups (broad SMARTS) is 1. The monoisotopic (exact) mass is 342 g/mol. The molecule has 2 bridgehead atoms. The molecular formula is C17H22N6O2. The Bertz CT molecular complexity index is 683. The molecule has 0 aliphatic carbocycles. The summed E-state index contributed by atoms with van der Waals surface area (Å²) in [6, 6.07) is 2.95. The van der Waals surface area contributed by atoms with Gasteiger partial charge < -0.3 is 14.9 Å². The van der Waals surface area contributed by atoms with E-state index in [-0.39, 0.29) is 12.1 Å². The van der Waals surface area contributed by atoms with Crippen molar-refractivity contribution >= 4 is 11.9 Å². The van der Waals surface area contributed by atoms with Gasteiger partial charge in [0.05, 0.1) is 0 Å². The zero-order valence-corrected chi connectivity index (χ0v) is 14.1. The molecule has 2 atom stereocenters. The van der Waals surface area contributed by atoms with Crippen molar-refractivity contribution in [1.82, 2.24) is 19.8 Å². The molecule has 1 aromatic heterocycles. The molecule has 8 heteroatoms. The SMILES string of the molecule is N#Cc1nccnc1N1CCN(C2CC3CCC(C2)N3C(=O)O)CC1. The standard InChI is InChI=1S/C17H22N6O2/c18-11-15-16(20-4-3-19-15)22-7-5-21(6-8-22)14-9-12-1-2-13(10-14)23(12)17(24)25/h3-4,12-14H,1-2,5-10H2,(H,24,25). The molecule has 132 valence electrons. The van der Waals surface area contributed by atoms with E-state index in [1.165, 1.54) is 0 Å². The number of piperazine rings is 1. The van der Waals surface area contributed by atoms with Crippen molar-refractivity contribution < 1.29 is 9.90 Å². The van der Waals surface area contributed by atoms with Crippen LogP contribution in [0.25, 0.3) is 0 Å². The van der Waals surface area contributed by atoms with Gasteiger partial charge in [-0.25, -0.2) is 14.8 Å². The number of rotatable bonds is 2. The summed E-state index contributed by atoms with van der Waals surface area (Å²) < 4.78 is 0. The van der Waals surface area contributed by atoms with Crippen LogP contribution in [0.15, 0.2) is 12.4 Å². The predicted molar refractivity (Wildman–Crippen MR) is 90.2 cm³/mol. The molecule has 4 heterocycles. The van der Waals surface area contributed by atoms with E-state index < -0.39 is 6.09 Å². The van der Waals surface area contributed by atoms with Crippen LogP contribution in [0.5, 0.6) is 0 Å². The third-order valence-corrected chi connectivity index (χ3v) is 5.84. The molecule has 0 aromatic carbocycles. The fourth-order valence-electron chi connectivity index (χ4n) is 4.70. The van der Waals surface area contributed by atoms with E-state index >= 15 is 0 Å². The quantitative estimate of drug-likeness (QED) is 0.861. The summed E-state index contributed by atoms with van der Waals surface area (Å²) in [7, 11) is 0. The molecule has 2 unspecified atom stereocenters. The summed E-state index contributed by atoms with van der Waals surface area (Å²) in [6.07, 6.45) is 6.29. The molecule has 0 radical (unpaired) electrons. The zero-order chi connectivity index (χ0) is 17.4. The number of carbonyl (C=O) groups is 1. The number of piperidine rings is 1. The van der Waals surface area contributed by atoms with Gasteiger partial charge >= 0.3 is 6.09 Å². The van der Waals surface area contributed by atoms with Crippen molar-refractivity contribution in [1.29, 1.82) is 5.26 Å². The lowest BCUT2D eigenvalue weighted by atomic mass is 9.95. The Balaban J connectivity index is 1.39. The Kier molecular flexibility index (Phi) is 4.17. The Hall–Kier alpha value is -2.40. The minimum absolute atomic E-state index is 0.185. The lowest BCUT2D eigenvalue weighted by Crippen LogP contribution is -2.56. The fourth-order valence-corrected chi connectivity index (χ4v) is 4.70. The van der Waals surface area contributed by atoms with Crippen LogP contribution in [0.1, 0.15) is 31.4 Å². The molecule has 8 nitrogen and oxygen atoms in total. The Morgan fingerprint density at radius 1 is 1.08 bits per heavy atom. The van der Waals surface area contributed by atoms with Crippen molar-refractivity contribution in [2.75, 3.05) is 31.1 Å². The number of anilines is 1. The Morgan fingerprint density at radius 3 is 2.32 bits per heavy atom. The minimum Gasteiger partial charge on any atom is -0.465 e. The summed E-state index contributed by atoms with van der Waals surface area (Å²) in [6.45, 7) is 3.47. The first-order chi connectivity index (χ1) is 12.2. The third-order valence-electron chi connectivity index (χ3n) is 5.84.